The van der Waals surface area contributed by atoms with E-state index in [0.29, 0.717) is 5.92 Å². The first-order chi connectivity index (χ1) is 9.06. The largest absolute Gasteiger partial charge is 0.327 e. The normalized spacial score (nSPS) is 11.4. The van der Waals surface area contributed by atoms with Crippen LogP contribution in [0.25, 0.3) is 0 Å². The number of hydrogen-bond donors (Lipinski definition) is 1. The van der Waals surface area contributed by atoms with E-state index in [9.17, 15) is 0 Å². The van der Waals surface area contributed by atoms with Gasteiger partial charge in [0.15, 0.2) is 0 Å². The molecule has 1 N–H and O–H groups in total. The Kier molecular flexibility index (Phi) is 4.71. The summed E-state index contributed by atoms with van der Waals surface area (Å²) in [4.78, 5) is 10.3. The first-order valence-electron chi connectivity index (χ1n) is 6.70. The van der Waals surface area contributed by atoms with Gasteiger partial charge in [-0.05, 0) is 26.3 Å². The minimum Gasteiger partial charge on any atom is -0.327 e. The van der Waals surface area contributed by atoms with Crippen molar-refractivity contribution in [3.63, 3.8) is 0 Å². The van der Waals surface area contributed by atoms with Crippen molar-refractivity contribution in [2.45, 2.75) is 40.8 Å². The zero-order valence-electron chi connectivity index (χ0n) is 12.1. The summed E-state index contributed by atoms with van der Waals surface area (Å²) in [7, 11) is 0. The lowest BCUT2D eigenvalue weighted by atomic mass is 10.2. The van der Waals surface area contributed by atoms with Gasteiger partial charge in [-0.1, -0.05) is 13.8 Å². The lowest BCUT2D eigenvalue weighted by Crippen LogP contribution is -2.21. The van der Waals surface area contributed by atoms with Gasteiger partial charge in [-0.15, -0.1) is 11.3 Å². The van der Waals surface area contributed by atoms with Crippen molar-refractivity contribution >= 4 is 11.3 Å². The average molecular weight is 278 g/mol. The summed E-state index contributed by atoms with van der Waals surface area (Å²) in [6.07, 6.45) is 3.89. The maximum atomic E-state index is 4.58. The molecule has 0 radical (unpaired) electrons. The molecule has 0 aliphatic carbocycles. The van der Waals surface area contributed by atoms with Gasteiger partial charge >= 0.3 is 0 Å². The second-order valence-electron chi connectivity index (χ2n) is 5.25. The molecule has 19 heavy (non-hydrogen) atoms. The Balaban J connectivity index is 1.99. The van der Waals surface area contributed by atoms with E-state index in [0.717, 1.165) is 36.2 Å². The number of aromatic nitrogens is 3. The second-order valence-corrected chi connectivity index (χ2v) is 6.53. The van der Waals surface area contributed by atoms with Gasteiger partial charge in [0, 0.05) is 17.3 Å². The van der Waals surface area contributed by atoms with Crippen LogP contribution in [0.15, 0.2) is 12.4 Å². The van der Waals surface area contributed by atoms with E-state index in [1.54, 1.807) is 11.3 Å². The van der Waals surface area contributed by atoms with Crippen molar-refractivity contribution in [3.8, 4) is 0 Å². The first-order valence-corrected chi connectivity index (χ1v) is 7.51. The summed E-state index contributed by atoms with van der Waals surface area (Å²) in [5.74, 6) is 1.74. The minimum absolute atomic E-state index is 0.660. The predicted octanol–water partition coefficient (Wildman–Crippen LogP) is 2.75. The fourth-order valence-electron chi connectivity index (χ4n) is 1.88. The van der Waals surface area contributed by atoms with Crippen LogP contribution in [0, 0.1) is 19.8 Å². The van der Waals surface area contributed by atoms with Crippen LogP contribution >= 0.6 is 11.3 Å². The molecule has 0 unspecified atom stereocenters. The average Bonchev–Trinajstić information content (AvgIpc) is 2.88. The van der Waals surface area contributed by atoms with E-state index >= 15 is 0 Å². The molecule has 2 rings (SSSR count). The van der Waals surface area contributed by atoms with Crippen molar-refractivity contribution < 1.29 is 0 Å². The minimum atomic E-state index is 0.660. The highest BCUT2D eigenvalue weighted by Crippen LogP contribution is 2.17. The van der Waals surface area contributed by atoms with Crippen molar-refractivity contribution in [2.24, 2.45) is 5.92 Å². The topological polar surface area (TPSA) is 42.7 Å². The Labute approximate surface area is 118 Å². The van der Waals surface area contributed by atoms with Gasteiger partial charge in [-0.25, -0.2) is 9.97 Å². The maximum absolute atomic E-state index is 4.58. The van der Waals surface area contributed by atoms with E-state index in [1.165, 1.54) is 4.88 Å². The van der Waals surface area contributed by atoms with Gasteiger partial charge in [0.05, 0.1) is 18.8 Å². The Hall–Kier alpha value is -1.20. The van der Waals surface area contributed by atoms with E-state index in [2.05, 4.69) is 47.5 Å². The molecule has 2 heterocycles. The zero-order chi connectivity index (χ0) is 13.8. The molecule has 4 nitrogen and oxygen atoms in total. The fourth-order valence-corrected chi connectivity index (χ4v) is 2.81. The highest BCUT2D eigenvalue weighted by atomic mass is 32.1. The van der Waals surface area contributed by atoms with Gasteiger partial charge in [0.1, 0.15) is 10.8 Å². The number of aryl methyl sites for hydroxylation is 2. The molecule has 0 aliphatic heterocycles. The van der Waals surface area contributed by atoms with E-state index in [1.807, 2.05) is 12.4 Å². The standard InChI is InChI=1S/C14H22N4S/c1-10(2)7-15-8-13-16-5-6-18(13)9-14-17-11(3)12(4)19-14/h5-6,10,15H,7-9H2,1-4H3. The van der Waals surface area contributed by atoms with Crippen LogP contribution < -0.4 is 5.32 Å². The van der Waals surface area contributed by atoms with Gasteiger partial charge < -0.3 is 9.88 Å². The number of nitrogens with one attached hydrogen (secondary N) is 1. The molecule has 0 aromatic carbocycles. The molecule has 0 saturated carbocycles. The highest BCUT2D eigenvalue weighted by Gasteiger charge is 2.08. The van der Waals surface area contributed by atoms with Crippen LogP contribution in [0.4, 0.5) is 0 Å². The fraction of sp³-hybridized carbons (Fsp3) is 0.571. The molecular formula is C14H22N4S. The van der Waals surface area contributed by atoms with Crippen LogP contribution in [-0.2, 0) is 13.1 Å². The number of thiazole rings is 1. The molecule has 5 heteroatoms. The van der Waals surface area contributed by atoms with Crippen LogP contribution in [0.2, 0.25) is 0 Å². The van der Waals surface area contributed by atoms with Crippen molar-refractivity contribution in [3.05, 3.63) is 33.8 Å². The quantitative estimate of drug-likeness (QED) is 0.883. The third kappa shape index (κ3) is 3.88. The zero-order valence-corrected chi connectivity index (χ0v) is 12.9. The van der Waals surface area contributed by atoms with Gasteiger partial charge in [-0.2, -0.15) is 0 Å². The van der Waals surface area contributed by atoms with Crippen LogP contribution in [-0.4, -0.2) is 21.1 Å². The lowest BCUT2D eigenvalue weighted by Gasteiger charge is -2.09. The summed E-state index contributed by atoms with van der Waals surface area (Å²) in [5, 5.41) is 4.58. The molecule has 0 aliphatic rings. The molecule has 0 amide bonds. The Morgan fingerprint density at radius 2 is 2.16 bits per heavy atom. The first kappa shape index (κ1) is 14.2. The van der Waals surface area contributed by atoms with Crippen molar-refractivity contribution in [2.75, 3.05) is 6.54 Å². The molecule has 0 bridgehead atoms. The maximum Gasteiger partial charge on any atom is 0.123 e. The molecule has 0 atom stereocenters. The molecule has 2 aromatic rings. The molecule has 2 aromatic heterocycles. The molecular weight excluding hydrogens is 256 g/mol. The summed E-state index contributed by atoms with van der Waals surface area (Å²) in [6, 6.07) is 0. The van der Waals surface area contributed by atoms with E-state index in [-0.39, 0.29) is 0 Å². The van der Waals surface area contributed by atoms with E-state index in [4.69, 9.17) is 0 Å². The number of nitrogens with zero attached hydrogens (tertiary/aromatic N) is 3. The SMILES string of the molecule is Cc1nc(Cn2ccnc2CNCC(C)C)sc1C. The lowest BCUT2D eigenvalue weighted by molar-refractivity contribution is 0.532. The van der Waals surface area contributed by atoms with Crippen molar-refractivity contribution in [1.82, 2.24) is 19.9 Å². The number of hydrogen-bond acceptors (Lipinski definition) is 4. The third-order valence-corrected chi connectivity index (χ3v) is 4.07. The smallest absolute Gasteiger partial charge is 0.123 e. The predicted molar refractivity (Wildman–Crippen MR) is 79.5 cm³/mol. The summed E-state index contributed by atoms with van der Waals surface area (Å²) in [5.41, 5.74) is 1.14. The Morgan fingerprint density at radius 1 is 1.37 bits per heavy atom. The van der Waals surface area contributed by atoms with Crippen LogP contribution in [0.5, 0.6) is 0 Å². The molecule has 104 valence electrons. The molecule has 0 fully saturated rings. The Morgan fingerprint density at radius 3 is 2.79 bits per heavy atom. The summed E-state index contributed by atoms with van der Waals surface area (Å²) < 4.78 is 2.17. The molecule has 0 saturated heterocycles. The monoisotopic (exact) mass is 278 g/mol. The van der Waals surface area contributed by atoms with E-state index < -0.39 is 0 Å². The molecule has 0 spiro atoms. The number of rotatable bonds is 6. The van der Waals surface area contributed by atoms with Crippen molar-refractivity contribution in [1.29, 1.82) is 0 Å². The van der Waals surface area contributed by atoms with Gasteiger partial charge in [-0.3, -0.25) is 0 Å². The third-order valence-electron chi connectivity index (χ3n) is 3.02. The Bertz CT molecular complexity index is 508. The summed E-state index contributed by atoms with van der Waals surface area (Å²) in [6.45, 7) is 11.2. The van der Waals surface area contributed by atoms with Crippen LogP contribution in [0.3, 0.4) is 0 Å². The van der Waals surface area contributed by atoms with Gasteiger partial charge in [0.2, 0.25) is 0 Å². The summed E-state index contributed by atoms with van der Waals surface area (Å²) >= 11 is 1.77. The van der Waals surface area contributed by atoms with Crippen LogP contribution in [0.1, 0.15) is 35.3 Å². The second kappa shape index (κ2) is 6.30. The highest BCUT2D eigenvalue weighted by molar-refractivity contribution is 7.11. The van der Waals surface area contributed by atoms with Gasteiger partial charge in [0.25, 0.3) is 0 Å². The number of imidazole rings is 1.